The summed E-state index contributed by atoms with van der Waals surface area (Å²) >= 11 is 5.97. The van der Waals surface area contributed by atoms with Gasteiger partial charge in [0.25, 0.3) is 0 Å². The van der Waals surface area contributed by atoms with E-state index < -0.39 is 5.82 Å². The van der Waals surface area contributed by atoms with E-state index in [0.717, 1.165) is 19.6 Å². The van der Waals surface area contributed by atoms with Crippen LogP contribution in [-0.2, 0) is 11.2 Å². The van der Waals surface area contributed by atoms with E-state index in [2.05, 4.69) is 18.7 Å². The second-order valence-corrected chi connectivity index (χ2v) is 6.36. The molecule has 1 aliphatic heterocycles. The molecule has 5 heteroatoms. The molecule has 0 saturated carbocycles. The third kappa shape index (κ3) is 4.42. The Balaban J connectivity index is 1.91. The summed E-state index contributed by atoms with van der Waals surface area (Å²) in [6.07, 6.45) is 0.0374. The zero-order valence-corrected chi connectivity index (χ0v) is 13.4. The number of carbonyl (C=O) groups is 1. The molecule has 2 rings (SSSR count). The number of nitrogens with zero attached hydrogens (tertiary/aromatic N) is 2. The topological polar surface area (TPSA) is 23.6 Å². The zero-order valence-electron chi connectivity index (χ0n) is 12.6. The molecule has 1 heterocycles. The standard InChI is InChI=1S/C16H22ClFN2O/c1-12(2)11-19-6-8-20(9-7-19)16(21)10-13-14(17)4-3-5-15(13)18/h3-5,12H,6-11H2,1-2H3. The van der Waals surface area contributed by atoms with Gasteiger partial charge in [-0.3, -0.25) is 9.69 Å². The molecule has 1 aromatic carbocycles. The molecule has 21 heavy (non-hydrogen) atoms. The van der Waals surface area contributed by atoms with E-state index in [1.54, 1.807) is 17.0 Å². The number of amides is 1. The molecule has 0 atom stereocenters. The summed E-state index contributed by atoms with van der Waals surface area (Å²) in [6.45, 7) is 8.62. The van der Waals surface area contributed by atoms with Crippen molar-refractivity contribution in [2.75, 3.05) is 32.7 Å². The first kappa shape index (κ1) is 16.2. The van der Waals surface area contributed by atoms with Gasteiger partial charge >= 0.3 is 0 Å². The van der Waals surface area contributed by atoms with E-state index >= 15 is 0 Å². The highest BCUT2D eigenvalue weighted by Crippen LogP contribution is 2.20. The van der Waals surface area contributed by atoms with Gasteiger partial charge in [0.2, 0.25) is 5.91 Å². The summed E-state index contributed by atoms with van der Waals surface area (Å²) in [7, 11) is 0. The van der Waals surface area contributed by atoms with Crippen LogP contribution in [0.3, 0.4) is 0 Å². The Bertz CT molecular complexity index is 479. The Kier molecular flexibility index (Phi) is 5.59. The van der Waals surface area contributed by atoms with Crippen molar-refractivity contribution in [3.8, 4) is 0 Å². The fraction of sp³-hybridized carbons (Fsp3) is 0.562. The third-order valence-electron chi connectivity index (χ3n) is 3.74. The molecule has 0 aliphatic carbocycles. The Hall–Kier alpha value is -1.13. The van der Waals surface area contributed by atoms with Crippen LogP contribution in [-0.4, -0.2) is 48.4 Å². The summed E-state index contributed by atoms with van der Waals surface area (Å²) in [5.74, 6) is 0.171. The second kappa shape index (κ2) is 7.23. The van der Waals surface area contributed by atoms with Gasteiger partial charge in [-0.2, -0.15) is 0 Å². The van der Waals surface area contributed by atoms with Gasteiger partial charge in [0.15, 0.2) is 0 Å². The first-order valence-electron chi connectivity index (χ1n) is 7.40. The van der Waals surface area contributed by atoms with E-state index in [1.807, 2.05) is 0 Å². The van der Waals surface area contributed by atoms with Crippen molar-refractivity contribution in [1.29, 1.82) is 0 Å². The van der Waals surface area contributed by atoms with Gasteiger partial charge in [-0.25, -0.2) is 4.39 Å². The number of piperazine rings is 1. The van der Waals surface area contributed by atoms with Crippen LogP contribution in [0.5, 0.6) is 0 Å². The van der Waals surface area contributed by atoms with Crippen LogP contribution in [0.4, 0.5) is 4.39 Å². The normalized spacial score (nSPS) is 16.5. The number of benzene rings is 1. The Labute approximate surface area is 130 Å². The highest BCUT2D eigenvalue weighted by Gasteiger charge is 2.22. The number of carbonyl (C=O) groups excluding carboxylic acids is 1. The molecule has 1 fully saturated rings. The molecule has 3 nitrogen and oxygen atoms in total. The van der Waals surface area contributed by atoms with Crippen LogP contribution in [0.1, 0.15) is 19.4 Å². The first-order valence-corrected chi connectivity index (χ1v) is 7.78. The molecule has 1 saturated heterocycles. The molecule has 0 aromatic heterocycles. The van der Waals surface area contributed by atoms with Crippen LogP contribution in [0.2, 0.25) is 5.02 Å². The SMILES string of the molecule is CC(C)CN1CCN(C(=O)Cc2c(F)cccc2Cl)CC1. The minimum Gasteiger partial charge on any atom is -0.340 e. The average Bonchev–Trinajstić information content (AvgIpc) is 2.43. The Morgan fingerprint density at radius 2 is 1.95 bits per heavy atom. The third-order valence-corrected chi connectivity index (χ3v) is 4.09. The van der Waals surface area contributed by atoms with Crippen molar-refractivity contribution in [2.45, 2.75) is 20.3 Å². The maximum atomic E-state index is 13.7. The smallest absolute Gasteiger partial charge is 0.227 e. The molecule has 0 radical (unpaired) electrons. The molecule has 1 aliphatic rings. The van der Waals surface area contributed by atoms with Crippen molar-refractivity contribution in [2.24, 2.45) is 5.92 Å². The van der Waals surface area contributed by atoms with E-state index in [-0.39, 0.29) is 12.3 Å². The van der Waals surface area contributed by atoms with Crippen LogP contribution < -0.4 is 0 Å². The van der Waals surface area contributed by atoms with Gasteiger partial charge in [-0.15, -0.1) is 0 Å². The van der Waals surface area contributed by atoms with Crippen LogP contribution in [0, 0.1) is 11.7 Å². The van der Waals surface area contributed by atoms with Gasteiger partial charge in [-0.05, 0) is 18.1 Å². The monoisotopic (exact) mass is 312 g/mol. The maximum absolute atomic E-state index is 13.7. The molecule has 0 bridgehead atoms. The fourth-order valence-electron chi connectivity index (χ4n) is 2.66. The van der Waals surface area contributed by atoms with E-state index in [4.69, 9.17) is 11.6 Å². The molecular weight excluding hydrogens is 291 g/mol. The minimum absolute atomic E-state index is 0.0374. The van der Waals surface area contributed by atoms with Crippen LogP contribution in [0.25, 0.3) is 0 Å². The molecule has 1 aromatic rings. The fourth-order valence-corrected chi connectivity index (χ4v) is 2.89. The second-order valence-electron chi connectivity index (χ2n) is 5.95. The Morgan fingerprint density at radius 1 is 1.29 bits per heavy atom. The molecule has 0 spiro atoms. The average molecular weight is 313 g/mol. The Morgan fingerprint density at radius 3 is 2.52 bits per heavy atom. The lowest BCUT2D eigenvalue weighted by Crippen LogP contribution is -2.49. The van der Waals surface area contributed by atoms with E-state index in [1.165, 1.54) is 6.07 Å². The minimum atomic E-state index is -0.408. The predicted octanol–water partition coefficient (Wildman–Crippen LogP) is 2.82. The predicted molar refractivity (Wildman–Crippen MR) is 83.0 cm³/mol. The maximum Gasteiger partial charge on any atom is 0.227 e. The highest BCUT2D eigenvalue weighted by molar-refractivity contribution is 6.31. The molecule has 0 unspecified atom stereocenters. The first-order chi connectivity index (χ1) is 9.97. The van der Waals surface area contributed by atoms with Crippen molar-refractivity contribution >= 4 is 17.5 Å². The van der Waals surface area contributed by atoms with Gasteiger partial charge < -0.3 is 4.90 Å². The summed E-state index contributed by atoms with van der Waals surface area (Å²) < 4.78 is 13.7. The highest BCUT2D eigenvalue weighted by atomic mass is 35.5. The van der Waals surface area contributed by atoms with Gasteiger partial charge in [-0.1, -0.05) is 31.5 Å². The number of hydrogen-bond donors (Lipinski definition) is 0. The van der Waals surface area contributed by atoms with Crippen molar-refractivity contribution in [3.63, 3.8) is 0 Å². The largest absolute Gasteiger partial charge is 0.340 e. The van der Waals surface area contributed by atoms with Gasteiger partial charge in [0.1, 0.15) is 5.82 Å². The van der Waals surface area contributed by atoms with Gasteiger partial charge in [0.05, 0.1) is 6.42 Å². The van der Waals surface area contributed by atoms with Gasteiger partial charge in [0, 0.05) is 43.3 Å². The summed E-state index contributed by atoms with van der Waals surface area (Å²) in [5, 5.41) is 0.321. The van der Waals surface area contributed by atoms with Crippen LogP contribution >= 0.6 is 11.6 Å². The van der Waals surface area contributed by atoms with Crippen molar-refractivity contribution in [3.05, 3.63) is 34.6 Å². The zero-order chi connectivity index (χ0) is 15.4. The number of halogens is 2. The lowest BCUT2D eigenvalue weighted by Gasteiger charge is -2.35. The number of hydrogen-bond acceptors (Lipinski definition) is 2. The number of rotatable bonds is 4. The lowest BCUT2D eigenvalue weighted by atomic mass is 10.1. The molecule has 116 valence electrons. The molecule has 0 N–H and O–H groups in total. The summed E-state index contributed by atoms with van der Waals surface area (Å²) in [4.78, 5) is 16.5. The van der Waals surface area contributed by atoms with Crippen molar-refractivity contribution < 1.29 is 9.18 Å². The van der Waals surface area contributed by atoms with Crippen LogP contribution in [0.15, 0.2) is 18.2 Å². The molecular formula is C16H22ClFN2O. The molecule has 1 amide bonds. The summed E-state index contributed by atoms with van der Waals surface area (Å²) in [5.41, 5.74) is 0.300. The van der Waals surface area contributed by atoms with Crippen molar-refractivity contribution in [1.82, 2.24) is 9.80 Å². The van der Waals surface area contributed by atoms with E-state index in [9.17, 15) is 9.18 Å². The summed E-state index contributed by atoms with van der Waals surface area (Å²) in [6, 6.07) is 4.51. The quantitative estimate of drug-likeness (QED) is 0.853. The van der Waals surface area contributed by atoms with E-state index in [0.29, 0.717) is 29.6 Å². The lowest BCUT2D eigenvalue weighted by molar-refractivity contribution is -0.132.